The molecule has 0 amide bonds. The van der Waals surface area contributed by atoms with Crippen LogP contribution in [0.4, 0.5) is 19.0 Å². The number of pyridine rings is 1. The van der Waals surface area contributed by atoms with Gasteiger partial charge in [-0.2, -0.15) is 13.2 Å². The molecular weight excluding hydrogens is 245 g/mol. The van der Waals surface area contributed by atoms with Crippen LogP contribution < -0.4 is 4.90 Å². The standard InChI is InChI=1S/C12H13F3N2O/c13-12(14,15)9-3-4-10(16-5-9)17-6-11(18,7-17)8-1-2-8/h3-5,8,18H,1-2,6-7H2. The molecule has 0 aromatic carbocycles. The molecule has 0 bridgehead atoms. The van der Waals surface area contributed by atoms with Crippen molar-refractivity contribution < 1.29 is 18.3 Å². The number of rotatable bonds is 2. The van der Waals surface area contributed by atoms with Crippen molar-refractivity contribution in [3.63, 3.8) is 0 Å². The molecule has 18 heavy (non-hydrogen) atoms. The molecule has 1 saturated carbocycles. The monoisotopic (exact) mass is 258 g/mol. The third-order valence-corrected chi connectivity index (χ3v) is 3.67. The molecule has 2 heterocycles. The van der Waals surface area contributed by atoms with Crippen LogP contribution in [0.3, 0.4) is 0 Å². The van der Waals surface area contributed by atoms with Crippen molar-refractivity contribution in [3.05, 3.63) is 23.9 Å². The summed E-state index contributed by atoms with van der Waals surface area (Å²) in [6.45, 7) is 0.937. The Kier molecular flexibility index (Phi) is 2.35. The predicted octanol–water partition coefficient (Wildman–Crippen LogP) is 2.06. The van der Waals surface area contributed by atoms with Crippen LogP contribution in [-0.2, 0) is 6.18 Å². The van der Waals surface area contributed by atoms with Crippen LogP contribution in [0.1, 0.15) is 18.4 Å². The molecule has 2 aliphatic rings. The first-order valence-corrected chi connectivity index (χ1v) is 5.89. The zero-order chi connectivity index (χ0) is 13.0. The highest BCUT2D eigenvalue weighted by atomic mass is 19.4. The molecule has 1 aliphatic carbocycles. The van der Waals surface area contributed by atoms with Crippen molar-refractivity contribution in [1.29, 1.82) is 0 Å². The van der Waals surface area contributed by atoms with Crippen LogP contribution in [-0.4, -0.2) is 28.8 Å². The van der Waals surface area contributed by atoms with Crippen LogP contribution in [0.25, 0.3) is 0 Å². The lowest BCUT2D eigenvalue weighted by molar-refractivity contribution is -0.137. The van der Waals surface area contributed by atoms with Crippen molar-refractivity contribution in [3.8, 4) is 0 Å². The second-order valence-electron chi connectivity index (χ2n) is 5.14. The number of halogens is 3. The van der Waals surface area contributed by atoms with Crippen LogP contribution in [0.15, 0.2) is 18.3 Å². The molecule has 1 saturated heterocycles. The first kappa shape index (κ1) is 11.8. The summed E-state index contributed by atoms with van der Waals surface area (Å²) >= 11 is 0. The van der Waals surface area contributed by atoms with E-state index in [1.54, 1.807) is 4.90 Å². The molecule has 1 N–H and O–H groups in total. The Balaban J connectivity index is 1.68. The average molecular weight is 258 g/mol. The fourth-order valence-corrected chi connectivity index (χ4v) is 2.40. The highest BCUT2D eigenvalue weighted by Crippen LogP contribution is 2.45. The van der Waals surface area contributed by atoms with E-state index in [9.17, 15) is 18.3 Å². The Morgan fingerprint density at radius 1 is 1.28 bits per heavy atom. The minimum atomic E-state index is -4.35. The van der Waals surface area contributed by atoms with Crippen molar-refractivity contribution in [2.75, 3.05) is 18.0 Å². The Morgan fingerprint density at radius 2 is 1.94 bits per heavy atom. The van der Waals surface area contributed by atoms with E-state index >= 15 is 0 Å². The van der Waals surface area contributed by atoms with Gasteiger partial charge in [0, 0.05) is 6.20 Å². The lowest BCUT2D eigenvalue weighted by atomic mass is 9.89. The van der Waals surface area contributed by atoms with Gasteiger partial charge in [-0.3, -0.25) is 0 Å². The molecular formula is C12H13F3N2O. The van der Waals surface area contributed by atoms with Gasteiger partial charge in [0.05, 0.1) is 18.7 Å². The number of hydrogen-bond donors (Lipinski definition) is 1. The molecule has 6 heteroatoms. The molecule has 1 aliphatic heterocycles. The highest BCUT2D eigenvalue weighted by Gasteiger charge is 2.52. The molecule has 2 fully saturated rings. The number of aliphatic hydroxyl groups is 1. The fraction of sp³-hybridized carbons (Fsp3) is 0.583. The van der Waals surface area contributed by atoms with E-state index in [4.69, 9.17) is 0 Å². The first-order valence-electron chi connectivity index (χ1n) is 5.89. The van der Waals surface area contributed by atoms with Gasteiger partial charge in [-0.25, -0.2) is 4.98 Å². The van der Waals surface area contributed by atoms with Gasteiger partial charge >= 0.3 is 6.18 Å². The topological polar surface area (TPSA) is 36.4 Å². The zero-order valence-corrected chi connectivity index (χ0v) is 9.61. The van der Waals surface area contributed by atoms with Crippen molar-refractivity contribution in [1.82, 2.24) is 4.98 Å². The number of anilines is 1. The molecule has 0 atom stereocenters. The summed E-state index contributed by atoms with van der Waals surface area (Å²) in [6.07, 6.45) is -1.42. The van der Waals surface area contributed by atoms with E-state index in [1.807, 2.05) is 0 Å². The van der Waals surface area contributed by atoms with Crippen molar-refractivity contribution >= 4 is 5.82 Å². The molecule has 1 aromatic heterocycles. The fourth-order valence-electron chi connectivity index (χ4n) is 2.40. The Labute approximate surface area is 102 Å². The number of hydrogen-bond acceptors (Lipinski definition) is 3. The molecule has 0 radical (unpaired) electrons. The van der Waals surface area contributed by atoms with Crippen molar-refractivity contribution in [2.45, 2.75) is 24.6 Å². The molecule has 1 aromatic rings. The van der Waals surface area contributed by atoms with Crippen LogP contribution in [0, 0.1) is 5.92 Å². The van der Waals surface area contributed by atoms with Gasteiger partial charge in [-0.1, -0.05) is 0 Å². The number of alkyl halides is 3. The summed E-state index contributed by atoms with van der Waals surface area (Å²) < 4.78 is 37.1. The van der Waals surface area contributed by atoms with Gasteiger partial charge in [-0.15, -0.1) is 0 Å². The summed E-state index contributed by atoms with van der Waals surface area (Å²) in [6, 6.07) is 2.38. The van der Waals surface area contributed by atoms with Gasteiger partial charge in [0.15, 0.2) is 0 Å². The molecule has 98 valence electrons. The van der Waals surface area contributed by atoms with E-state index in [-0.39, 0.29) is 0 Å². The Hall–Kier alpha value is -1.30. The lowest BCUT2D eigenvalue weighted by Gasteiger charge is -2.47. The third kappa shape index (κ3) is 1.94. The van der Waals surface area contributed by atoms with Crippen LogP contribution in [0.2, 0.25) is 0 Å². The minimum absolute atomic E-state index is 0.364. The second-order valence-corrected chi connectivity index (χ2v) is 5.14. The maximum absolute atomic E-state index is 12.4. The van der Waals surface area contributed by atoms with E-state index < -0.39 is 17.3 Å². The number of aromatic nitrogens is 1. The Bertz CT molecular complexity index is 447. The van der Waals surface area contributed by atoms with Gasteiger partial charge in [-0.05, 0) is 30.9 Å². The second kappa shape index (κ2) is 3.60. The largest absolute Gasteiger partial charge is 0.417 e. The predicted molar refractivity (Wildman–Crippen MR) is 59.1 cm³/mol. The number of β-amino-alcohol motifs (C(OH)–C–C–N with tert-alkyl or cyclic N) is 1. The van der Waals surface area contributed by atoms with E-state index in [1.165, 1.54) is 6.07 Å². The summed E-state index contributed by atoms with van der Waals surface area (Å²) in [7, 11) is 0. The van der Waals surface area contributed by atoms with Crippen LogP contribution >= 0.6 is 0 Å². The first-order chi connectivity index (χ1) is 8.38. The normalized spacial score (nSPS) is 22.8. The third-order valence-electron chi connectivity index (χ3n) is 3.67. The summed E-state index contributed by atoms with van der Waals surface area (Å²) in [5, 5.41) is 10.1. The summed E-state index contributed by atoms with van der Waals surface area (Å²) in [5.74, 6) is 0.858. The van der Waals surface area contributed by atoms with Crippen molar-refractivity contribution in [2.24, 2.45) is 5.92 Å². The van der Waals surface area contributed by atoms with Gasteiger partial charge in [0.1, 0.15) is 11.4 Å². The SMILES string of the molecule is OC1(C2CC2)CN(c2ccc(C(F)(F)F)cn2)C1. The van der Waals surface area contributed by atoms with E-state index in [2.05, 4.69) is 4.98 Å². The Morgan fingerprint density at radius 3 is 2.39 bits per heavy atom. The molecule has 3 rings (SSSR count). The van der Waals surface area contributed by atoms with Crippen LogP contribution in [0.5, 0.6) is 0 Å². The van der Waals surface area contributed by atoms with Gasteiger partial charge in [0.2, 0.25) is 0 Å². The number of nitrogens with zero attached hydrogens (tertiary/aromatic N) is 2. The average Bonchev–Trinajstić information content (AvgIpc) is 3.08. The molecule has 0 spiro atoms. The molecule has 0 unspecified atom stereocenters. The van der Waals surface area contributed by atoms with Gasteiger partial charge < -0.3 is 10.0 Å². The van der Waals surface area contributed by atoms with Gasteiger partial charge in [0.25, 0.3) is 0 Å². The lowest BCUT2D eigenvalue weighted by Crippen LogP contribution is -2.63. The highest BCUT2D eigenvalue weighted by molar-refractivity contribution is 5.45. The van der Waals surface area contributed by atoms with E-state index in [0.717, 1.165) is 25.1 Å². The maximum atomic E-state index is 12.4. The summed E-state index contributed by atoms with van der Waals surface area (Å²) in [4.78, 5) is 5.61. The smallest absolute Gasteiger partial charge is 0.386 e. The van der Waals surface area contributed by atoms with E-state index in [0.29, 0.717) is 24.8 Å². The quantitative estimate of drug-likeness (QED) is 0.882. The maximum Gasteiger partial charge on any atom is 0.417 e. The molecule has 3 nitrogen and oxygen atoms in total. The zero-order valence-electron chi connectivity index (χ0n) is 9.61. The summed E-state index contributed by atoms with van der Waals surface area (Å²) in [5.41, 5.74) is -1.39. The minimum Gasteiger partial charge on any atom is -0.386 e.